The van der Waals surface area contributed by atoms with Gasteiger partial charge in [-0.1, -0.05) is 36.7 Å². The fraction of sp³-hybridized carbons (Fsp3) is 0.590. The highest BCUT2D eigenvalue weighted by Gasteiger charge is 2.50. The number of hydrogen-bond donors (Lipinski definition) is 1. The SMILES string of the molecule is CCN(CC)C(=O)C[C@]1(OC)/C=C/C[C@H](C)[C@@H](C)S(=O)(=O)NC(=O)c2ccc3c(c2)N(C[C@@H]2CC[C@H]21)C[C@@]1(CCCc2cc(Cl)ccc21)CO3. The van der Waals surface area contributed by atoms with Crippen molar-refractivity contribution in [3.63, 3.8) is 0 Å². The Morgan fingerprint density at radius 3 is 2.62 bits per heavy atom. The van der Waals surface area contributed by atoms with Gasteiger partial charge in [-0.2, -0.15) is 0 Å². The number of halogens is 1. The van der Waals surface area contributed by atoms with E-state index in [1.807, 2.05) is 43.9 Å². The molecule has 0 radical (unpaired) electrons. The first-order chi connectivity index (χ1) is 23.8. The van der Waals surface area contributed by atoms with E-state index >= 15 is 0 Å². The summed E-state index contributed by atoms with van der Waals surface area (Å²) in [6, 6.07) is 11.4. The number of ether oxygens (including phenoxy) is 2. The van der Waals surface area contributed by atoms with Crippen LogP contribution in [0.4, 0.5) is 5.69 Å². The predicted octanol–water partition coefficient (Wildman–Crippen LogP) is 6.53. The van der Waals surface area contributed by atoms with Crippen molar-refractivity contribution in [3.05, 3.63) is 70.3 Å². The Labute approximate surface area is 302 Å². The van der Waals surface area contributed by atoms with Gasteiger partial charge in [0.1, 0.15) is 5.75 Å². The number of rotatable bonds is 5. The van der Waals surface area contributed by atoms with Crippen molar-refractivity contribution in [2.45, 2.75) is 88.9 Å². The summed E-state index contributed by atoms with van der Waals surface area (Å²) in [6.07, 6.45) is 9.45. The minimum atomic E-state index is -4.00. The second-order valence-electron chi connectivity index (χ2n) is 14.9. The number of anilines is 1. The molecule has 6 rings (SSSR count). The third-order valence-corrected chi connectivity index (χ3v) is 14.3. The summed E-state index contributed by atoms with van der Waals surface area (Å²) in [7, 11) is -2.30. The molecule has 0 saturated heterocycles. The third kappa shape index (κ3) is 6.92. The van der Waals surface area contributed by atoms with Crippen molar-refractivity contribution in [2.75, 3.05) is 44.8 Å². The number of methoxy groups -OCH3 is 1. The molecule has 9 nitrogen and oxygen atoms in total. The normalized spacial score (nSPS) is 31.2. The monoisotopic (exact) mass is 725 g/mol. The van der Waals surface area contributed by atoms with E-state index in [1.165, 1.54) is 11.1 Å². The molecule has 1 fully saturated rings. The van der Waals surface area contributed by atoms with E-state index in [0.29, 0.717) is 45.0 Å². The average molecular weight is 726 g/mol. The van der Waals surface area contributed by atoms with E-state index in [-0.39, 0.29) is 41.1 Å². The van der Waals surface area contributed by atoms with Gasteiger partial charge in [0.05, 0.1) is 29.6 Å². The number of allylic oxidation sites excluding steroid dienone is 1. The average Bonchev–Trinajstić information content (AvgIpc) is 3.22. The van der Waals surface area contributed by atoms with E-state index < -0.39 is 26.8 Å². The highest BCUT2D eigenvalue weighted by atomic mass is 35.5. The zero-order valence-corrected chi connectivity index (χ0v) is 31.6. The van der Waals surface area contributed by atoms with Crippen LogP contribution in [0, 0.1) is 17.8 Å². The van der Waals surface area contributed by atoms with Crippen molar-refractivity contribution in [1.29, 1.82) is 0 Å². The molecule has 2 aromatic rings. The smallest absolute Gasteiger partial charge is 0.264 e. The summed E-state index contributed by atoms with van der Waals surface area (Å²) in [6.45, 7) is 10.5. The van der Waals surface area contributed by atoms with Gasteiger partial charge in [0, 0.05) is 49.3 Å². The maximum atomic E-state index is 13.7. The molecule has 272 valence electrons. The molecule has 1 spiro atoms. The predicted molar refractivity (Wildman–Crippen MR) is 197 cm³/mol. The van der Waals surface area contributed by atoms with Crippen molar-refractivity contribution in [3.8, 4) is 5.75 Å². The minimum Gasteiger partial charge on any atom is -0.490 e. The van der Waals surface area contributed by atoms with Gasteiger partial charge in [0.15, 0.2) is 0 Å². The highest BCUT2D eigenvalue weighted by molar-refractivity contribution is 7.90. The lowest BCUT2D eigenvalue weighted by atomic mass is 9.62. The van der Waals surface area contributed by atoms with Crippen LogP contribution in [0.5, 0.6) is 5.75 Å². The van der Waals surface area contributed by atoms with Crippen LogP contribution in [0.2, 0.25) is 5.02 Å². The third-order valence-electron chi connectivity index (χ3n) is 12.2. The van der Waals surface area contributed by atoms with Gasteiger partial charge in [-0.25, -0.2) is 13.1 Å². The number of carbonyl (C=O) groups excluding carboxylic acids is 2. The number of carbonyl (C=O) groups is 2. The number of hydrogen-bond acceptors (Lipinski definition) is 7. The zero-order chi connectivity index (χ0) is 35.8. The maximum Gasteiger partial charge on any atom is 0.264 e. The molecule has 11 heteroatoms. The van der Waals surface area contributed by atoms with Crippen molar-refractivity contribution >= 4 is 39.1 Å². The van der Waals surface area contributed by atoms with Gasteiger partial charge in [0.2, 0.25) is 15.9 Å². The minimum absolute atomic E-state index is 0.0443. The van der Waals surface area contributed by atoms with Gasteiger partial charge in [-0.3, -0.25) is 9.59 Å². The van der Waals surface area contributed by atoms with E-state index in [2.05, 4.69) is 21.8 Å². The second-order valence-corrected chi connectivity index (χ2v) is 17.4. The number of nitrogens with one attached hydrogen (secondary N) is 1. The van der Waals surface area contributed by atoms with Crippen molar-refractivity contribution in [2.24, 2.45) is 17.8 Å². The summed E-state index contributed by atoms with van der Waals surface area (Å²) in [5.74, 6) is 0.0115. The molecule has 0 aromatic heterocycles. The number of amides is 2. The molecule has 6 atom stereocenters. The number of sulfonamides is 1. The Hall–Kier alpha value is -3.08. The van der Waals surface area contributed by atoms with E-state index in [0.717, 1.165) is 42.8 Å². The molecule has 1 saturated carbocycles. The topological polar surface area (TPSA) is 105 Å². The Bertz CT molecular complexity index is 1740. The highest BCUT2D eigenvalue weighted by Crippen LogP contribution is 2.50. The summed E-state index contributed by atoms with van der Waals surface area (Å²) in [5, 5.41) is -0.117. The molecule has 2 aromatic carbocycles. The molecule has 2 bridgehead atoms. The summed E-state index contributed by atoms with van der Waals surface area (Å²) < 4.78 is 42.4. The molecule has 1 N–H and O–H groups in total. The molecule has 0 unspecified atom stereocenters. The van der Waals surface area contributed by atoms with Crippen LogP contribution in [0.1, 0.15) is 87.7 Å². The number of benzene rings is 2. The summed E-state index contributed by atoms with van der Waals surface area (Å²) in [5.41, 5.74) is 2.34. The van der Waals surface area contributed by atoms with E-state index in [9.17, 15) is 18.0 Å². The Morgan fingerprint density at radius 1 is 1.14 bits per heavy atom. The Kier molecular flexibility index (Phi) is 10.6. The Balaban J connectivity index is 1.46. The molecule has 4 aliphatic rings. The molecule has 2 amide bonds. The molecule has 2 heterocycles. The van der Waals surface area contributed by atoms with Gasteiger partial charge in [-0.05, 0) is 119 Å². The molecule has 2 aliphatic heterocycles. The molecular weight excluding hydrogens is 674 g/mol. The van der Waals surface area contributed by atoms with Gasteiger partial charge in [-0.15, -0.1) is 0 Å². The number of nitrogens with zero attached hydrogens (tertiary/aromatic N) is 2. The summed E-state index contributed by atoms with van der Waals surface area (Å²) in [4.78, 5) is 31.5. The van der Waals surface area contributed by atoms with Crippen LogP contribution in [-0.2, 0) is 31.4 Å². The maximum absolute atomic E-state index is 13.7. The Morgan fingerprint density at radius 2 is 1.92 bits per heavy atom. The second kappa shape index (κ2) is 14.5. The fourth-order valence-corrected chi connectivity index (χ4v) is 10.2. The molecule has 2 aliphatic carbocycles. The van der Waals surface area contributed by atoms with Gasteiger partial charge in [0.25, 0.3) is 5.91 Å². The van der Waals surface area contributed by atoms with Gasteiger partial charge >= 0.3 is 0 Å². The molecule has 50 heavy (non-hydrogen) atoms. The largest absolute Gasteiger partial charge is 0.490 e. The lowest BCUT2D eigenvalue weighted by molar-refractivity contribution is -0.142. The van der Waals surface area contributed by atoms with Crippen molar-refractivity contribution in [1.82, 2.24) is 9.62 Å². The number of fused-ring (bicyclic) bond motifs is 4. The molecular formula is C39H52ClN3O6S. The van der Waals surface area contributed by atoms with Crippen LogP contribution in [0.3, 0.4) is 0 Å². The van der Waals surface area contributed by atoms with Crippen LogP contribution in [-0.4, -0.2) is 75.9 Å². The lowest BCUT2D eigenvalue weighted by Crippen LogP contribution is -2.54. The van der Waals surface area contributed by atoms with Gasteiger partial charge < -0.3 is 19.3 Å². The standard InChI is InChI=1S/C39H52ClN3O6S/c1-6-42(7-2)36(44)22-39(48-5)19-8-10-26(3)27(4)50(46,47)41-37(45)29-13-17-35-34(21-29)43(23-30-12-15-33(30)39)24-38(25-49-35)18-9-11-28-20-31(40)14-16-32(28)38/h8,13-14,16-17,19-21,26-27,30,33H,6-7,9-12,15,18,22-25H2,1-5H3,(H,41,45)/b19-8+/t26-,27+,30-,33+,38-,39+/m0/s1. The first kappa shape index (κ1) is 36.7. The van der Waals surface area contributed by atoms with Crippen LogP contribution >= 0.6 is 11.6 Å². The lowest BCUT2D eigenvalue weighted by Gasteiger charge is -2.50. The first-order valence-electron chi connectivity index (χ1n) is 18.2. The van der Waals surface area contributed by atoms with Crippen LogP contribution in [0.15, 0.2) is 48.6 Å². The first-order valence-corrected chi connectivity index (χ1v) is 20.1. The van der Waals surface area contributed by atoms with Crippen LogP contribution in [0.25, 0.3) is 0 Å². The quantitative estimate of drug-likeness (QED) is 0.350. The van der Waals surface area contributed by atoms with Crippen LogP contribution < -0.4 is 14.4 Å². The zero-order valence-electron chi connectivity index (χ0n) is 30.0. The fourth-order valence-electron chi connectivity index (χ4n) is 8.76. The van der Waals surface area contributed by atoms with E-state index in [1.54, 1.807) is 32.2 Å². The van der Waals surface area contributed by atoms with Crippen molar-refractivity contribution < 1.29 is 27.5 Å². The van der Waals surface area contributed by atoms with E-state index in [4.69, 9.17) is 21.1 Å². The number of aryl methyl sites for hydroxylation is 1. The summed E-state index contributed by atoms with van der Waals surface area (Å²) >= 11 is 6.46.